The van der Waals surface area contributed by atoms with Gasteiger partial charge < -0.3 is 9.64 Å². The van der Waals surface area contributed by atoms with Crippen molar-refractivity contribution in [2.45, 2.75) is 52.2 Å². The van der Waals surface area contributed by atoms with Crippen LogP contribution in [0.5, 0.6) is 6.01 Å². The van der Waals surface area contributed by atoms with Crippen LogP contribution in [-0.2, 0) is 0 Å². The maximum atomic E-state index is 5.54. The summed E-state index contributed by atoms with van der Waals surface area (Å²) in [5, 5.41) is 0. The first-order valence-corrected chi connectivity index (χ1v) is 6.59. The van der Waals surface area contributed by atoms with Crippen molar-refractivity contribution in [3.8, 4) is 6.01 Å². The molecule has 0 saturated carbocycles. The minimum atomic E-state index is 0.00691. The van der Waals surface area contributed by atoms with Crippen LogP contribution in [0.1, 0.15) is 40.5 Å². The number of nitrogens with two attached hydrogens (primary N) is 1. The molecular formula is C12H22N6O. The van der Waals surface area contributed by atoms with Crippen molar-refractivity contribution in [2.75, 3.05) is 16.9 Å². The standard InChI is InChI=1S/C12H22N6O/c1-8(2)19-11-15-9(17-13)14-10(16-11)18-7-5-6-12(18,3)4/h8H,5-7,13H2,1-4H3,(H,14,15,16,17). The minimum absolute atomic E-state index is 0.00691. The zero-order valence-electron chi connectivity index (χ0n) is 12.0. The molecule has 1 aliphatic heterocycles. The highest BCUT2D eigenvalue weighted by Crippen LogP contribution is 2.32. The Morgan fingerprint density at radius 2 is 2.05 bits per heavy atom. The summed E-state index contributed by atoms with van der Waals surface area (Å²) in [4.78, 5) is 15.0. The van der Waals surface area contributed by atoms with Crippen molar-refractivity contribution in [3.05, 3.63) is 0 Å². The van der Waals surface area contributed by atoms with Gasteiger partial charge in [-0.05, 0) is 40.5 Å². The number of ether oxygens (including phenoxy) is 1. The molecule has 3 N–H and O–H groups in total. The molecule has 7 heteroatoms. The van der Waals surface area contributed by atoms with Crippen LogP contribution >= 0.6 is 0 Å². The van der Waals surface area contributed by atoms with Gasteiger partial charge in [0.2, 0.25) is 11.9 Å². The number of nitrogen functional groups attached to an aromatic ring is 1. The highest BCUT2D eigenvalue weighted by atomic mass is 16.5. The molecule has 7 nitrogen and oxygen atoms in total. The van der Waals surface area contributed by atoms with Gasteiger partial charge in [0.1, 0.15) is 0 Å². The van der Waals surface area contributed by atoms with E-state index in [2.05, 4.69) is 39.1 Å². The van der Waals surface area contributed by atoms with Gasteiger partial charge in [0.15, 0.2) is 0 Å². The molecule has 1 aliphatic rings. The Labute approximate surface area is 113 Å². The second kappa shape index (κ2) is 5.16. The SMILES string of the molecule is CC(C)Oc1nc(NN)nc(N2CCCC2(C)C)n1. The molecule has 106 valence electrons. The molecule has 0 bridgehead atoms. The predicted octanol–water partition coefficient (Wildman–Crippen LogP) is 1.32. The topological polar surface area (TPSA) is 89.2 Å². The highest BCUT2D eigenvalue weighted by Gasteiger charge is 2.34. The monoisotopic (exact) mass is 266 g/mol. The summed E-state index contributed by atoms with van der Waals surface area (Å²) in [6, 6.07) is 0.302. The molecule has 19 heavy (non-hydrogen) atoms. The van der Waals surface area contributed by atoms with E-state index in [-0.39, 0.29) is 11.6 Å². The Bertz CT molecular complexity index is 448. The average molecular weight is 266 g/mol. The van der Waals surface area contributed by atoms with E-state index in [0.29, 0.717) is 17.9 Å². The van der Waals surface area contributed by atoms with E-state index in [1.54, 1.807) is 0 Å². The fourth-order valence-electron chi connectivity index (χ4n) is 2.27. The number of rotatable bonds is 4. The molecule has 1 aromatic heterocycles. The van der Waals surface area contributed by atoms with Crippen molar-refractivity contribution < 1.29 is 4.74 Å². The lowest BCUT2D eigenvalue weighted by atomic mass is 10.0. The molecular weight excluding hydrogens is 244 g/mol. The molecule has 0 radical (unpaired) electrons. The van der Waals surface area contributed by atoms with E-state index >= 15 is 0 Å². The third kappa shape index (κ3) is 3.04. The molecule has 1 fully saturated rings. The Morgan fingerprint density at radius 3 is 2.58 bits per heavy atom. The van der Waals surface area contributed by atoms with Crippen LogP contribution in [0.3, 0.4) is 0 Å². The highest BCUT2D eigenvalue weighted by molar-refractivity contribution is 5.41. The van der Waals surface area contributed by atoms with Gasteiger partial charge in [-0.1, -0.05) is 0 Å². The van der Waals surface area contributed by atoms with Gasteiger partial charge in [-0.25, -0.2) is 5.84 Å². The van der Waals surface area contributed by atoms with Gasteiger partial charge in [0, 0.05) is 12.1 Å². The number of nitrogens with one attached hydrogen (secondary N) is 1. The molecule has 1 saturated heterocycles. The number of anilines is 2. The second-order valence-corrected chi connectivity index (χ2v) is 5.62. The molecule has 2 rings (SSSR count). The van der Waals surface area contributed by atoms with Crippen molar-refractivity contribution in [2.24, 2.45) is 5.84 Å². The Kier molecular flexibility index (Phi) is 3.75. The van der Waals surface area contributed by atoms with Gasteiger partial charge in [0.25, 0.3) is 0 Å². The van der Waals surface area contributed by atoms with Crippen LogP contribution in [0.25, 0.3) is 0 Å². The zero-order chi connectivity index (χ0) is 14.0. The Morgan fingerprint density at radius 1 is 1.32 bits per heavy atom. The van der Waals surface area contributed by atoms with Crippen LogP contribution in [0.15, 0.2) is 0 Å². The first-order valence-electron chi connectivity index (χ1n) is 6.59. The van der Waals surface area contributed by atoms with Crippen LogP contribution < -0.4 is 20.9 Å². The second-order valence-electron chi connectivity index (χ2n) is 5.62. The summed E-state index contributed by atoms with van der Waals surface area (Å²) in [5.74, 6) is 6.34. The van der Waals surface area contributed by atoms with E-state index in [4.69, 9.17) is 10.6 Å². The van der Waals surface area contributed by atoms with E-state index in [1.165, 1.54) is 0 Å². The van der Waals surface area contributed by atoms with Crippen molar-refractivity contribution in [3.63, 3.8) is 0 Å². The molecule has 0 unspecified atom stereocenters. The molecule has 0 aliphatic carbocycles. The molecule has 0 amide bonds. The third-order valence-electron chi connectivity index (χ3n) is 3.22. The van der Waals surface area contributed by atoms with Gasteiger partial charge >= 0.3 is 6.01 Å². The quantitative estimate of drug-likeness (QED) is 0.627. The number of hydrogen-bond acceptors (Lipinski definition) is 7. The maximum Gasteiger partial charge on any atom is 0.323 e. The lowest BCUT2D eigenvalue weighted by molar-refractivity contribution is 0.222. The predicted molar refractivity (Wildman–Crippen MR) is 74.1 cm³/mol. The van der Waals surface area contributed by atoms with Crippen molar-refractivity contribution in [1.82, 2.24) is 15.0 Å². The summed E-state index contributed by atoms with van der Waals surface area (Å²) in [6.07, 6.45) is 2.25. The number of hydrogen-bond donors (Lipinski definition) is 2. The largest absolute Gasteiger partial charge is 0.461 e. The van der Waals surface area contributed by atoms with Crippen LogP contribution in [0.2, 0.25) is 0 Å². The fraction of sp³-hybridized carbons (Fsp3) is 0.750. The lowest BCUT2D eigenvalue weighted by Gasteiger charge is -2.31. The summed E-state index contributed by atoms with van der Waals surface area (Å²) in [5.41, 5.74) is 2.51. The van der Waals surface area contributed by atoms with Gasteiger partial charge in [-0.3, -0.25) is 5.43 Å². The molecule has 0 spiro atoms. The molecule has 0 aromatic carbocycles. The number of hydrazine groups is 1. The Hall–Kier alpha value is -1.63. The average Bonchev–Trinajstić information content (AvgIpc) is 2.67. The fourth-order valence-corrected chi connectivity index (χ4v) is 2.27. The van der Waals surface area contributed by atoms with Crippen LogP contribution in [0, 0.1) is 0 Å². The summed E-state index contributed by atoms with van der Waals surface area (Å²) < 4.78 is 5.54. The third-order valence-corrected chi connectivity index (χ3v) is 3.22. The zero-order valence-corrected chi connectivity index (χ0v) is 12.0. The van der Waals surface area contributed by atoms with E-state index in [0.717, 1.165) is 19.4 Å². The summed E-state index contributed by atoms with van der Waals surface area (Å²) in [6.45, 7) is 9.16. The van der Waals surface area contributed by atoms with Crippen LogP contribution in [-0.4, -0.2) is 33.1 Å². The van der Waals surface area contributed by atoms with E-state index in [1.807, 2.05) is 13.8 Å². The molecule has 0 atom stereocenters. The van der Waals surface area contributed by atoms with Crippen LogP contribution in [0.4, 0.5) is 11.9 Å². The maximum absolute atomic E-state index is 5.54. The summed E-state index contributed by atoms with van der Waals surface area (Å²) in [7, 11) is 0. The Balaban J connectivity index is 2.34. The van der Waals surface area contributed by atoms with Crippen molar-refractivity contribution in [1.29, 1.82) is 0 Å². The first kappa shape index (κ1) is 13.8. The summed E-state index contributed by atoms with van der Waals surface area (Å²) >= 11 is 0. The van der Waals surface area contributed by atoms with E-state index < -0.39 is 0 Å². The lowest BCUT2D eigenvalue weighted by Crippen LogP contribution is -2.39. The van der Waals surface area contributed by atoms with Gasteiger partial charge in [-0.15, -0.1) is 0 Å². The molecule has 2 heterocycles. The van der Waals surface area contributed by atoms with E-state index in [9.17, 15) is 0 Å². The first-order chi connectivity index (χ1) is 8.92. The van der Waals surface area contributed by atoms with Crippen molar-refractivity contribution >= 4 is 11.9 Å². The number of nitrogens with zero attached hydrogens (tertiary/aromatic N) is 4. The smallest absolute Gasteiger partial charge is 0.323 e. The minimum Gasteiger partial charge on any atom is -0.461 e. The van der Waals surface area contributed by atoms with Gasteiger partial charge in [0.05, 0.1) is 6.10 Å². The normalized spacial score (nSPS) is 17.9. The number of aromatic nitrogens is 3. The van der Waals surface area contributed by atoms with Gasteiger partial charge in [-0.2, -0.15) is 15.0 Å². The molecule has 1 aromatic rings.